The number of hydrogen-bond donors (Lipinski definition) is 3. The molecule has 1 unspecified atom stereocenters. The second-order valence-corrected chi connectivity index (χ2v) is 11.7. The van der Waals surface area contributed by atoms with E-state index in [4.69, 9.17) is 14.6 Å². The van der Waals surface area contributed by atoms with E-state index in [0.717, 1.165) is 49.0 Å². The van der Waals surface area contributed by atoms with Gasteiger partial charge in [0.2, 0.25) is 0 Å². The molecule has 2 atom stereocenters. The fraction of sp³-hybridized carbons (Fsp3) is 0.594. The largest absolute Gasteiger partial charge is 0.491 e. The fourth-order valence-corrected chi connectivity index (χ4v) is 5.56. The van der Waals surface area contributed by atoms with Crippen molar-refractivity contribution >= 4 is 5.97 Å². The summed E-state index contributed by atoms with van der Waals surface area (Å²) >= 11 is 0. The highest BCUT2D eigenvalue weighted by molar-refractivity contribution is 5.66. The Bertz CT molecular complexity index is 1010. The normalized spacial score (nSPS) is 15.4. The Labute approximate surface area is 228 Å². The zero-order valence-electron chi connectivity index (χ0n) is 23.8. The number of aliphatic carboxylic acids is 1. The number of hydrogen-bond acceptors (Lipinski definition) is 5. The number of carboxylic acid groups (broad SMARTS) is 1. The average Bonchev–Trinajstić information content (AvgIpc) is 3.25. The van der Waals surface area contributed by atoms with E-state index < -0.39 is 12.1 Å². The summed E-state index contributed by atoms with van der Waals surface area (Å²) in [7, 11) is 0. The molecular weight excluding hydrogens is 478 g/mol. The lowest BCUT2D eigenvalue weighted by molar-refractivity contribution is -0.137. The Balaban J connectivity index is 1.51. The van der Waals surface area contributed by atoms with Crippen LogP contribution >= 0.6 is 0 Å². The summed E-state index contributed by atoms with van der Waals surface area (Å²) in [6, 6.07) is 14.7. The molecule has 0 aliphatic heterocycles. The van der Waals surface area contributed by atoms with Gasteiger partial charge in [0.05, 0.1) is 24.9 Å². The van der Waals surface area contributed by atoms with E-state index in [9.17, 15) is 9.90 Å². The minimum Gasteiger partial charge on any atom is -0.491 e. The molecule has 210 valence electrons. The lowest BCUT2D eigenvalue weighted by Gasteiger charge is -2.31. The summed E-state index contributed by atoms with van der Waals surface area (Å²) in [5, 5.41) is 23.3. The fourth-order valence-electron chi connectivity index (χ4n) is 5.56. The Morgan fingerprint density at radius 3 is 2.37 bits per heavy atom. The van der Waals surface area contributed by atoms with Crippen LogP contribution in [0.1, 0.15) is 88.7 Å². The molecule has 0 aromatic heterocycles. The molecule has 3 rings (SSSR count). The van der Waals surface area contributed by atoms with E-state index in [2.05, 4.69) is 43.4 Å². The highest BCUT2D eigenvalue weighted by Crippen LogP contribution is 2.33. The molecule has 6 nitrogen and oxygen atoms in total. The first-order chi connectivity index (χ1) is 18.0. The molecule has 0 amide bonds. The molecule has 0 bridgehead atoms. The number of nitrogens with one attached hydrogen (secondary N) is 1. The number of ether oxygens (including phenoxy) is 2. The number of aliphatic hydroxyl groups excluding tert-OH is 1. The SMILES string of the molecule is CC(C)Oc1cccc(C(C)OC[C@H](O)CNC(C)(C)CC2Cc3ccccc3C2)c1CCCCC(=O)O. The van der Waals surface area contributed by atoms with Crippen LogP contribution in [0.25, 0.3) is 0 Å². The van der Waals surface area contributed by atoms with Gasteiger partial charge in [-0.05, 0) is 107 Å². The molecule has 38 heavy (non-hydrogen) atoms. The van der Waals surface area contributed by atoms with Crippen LogP contribution in [0.2, 0.25) is 0 Å². The highest BCUT2D eigenvalue weighted by Gasteiger charge is 2.28. The Morgan fingerprint density at radius 2 is 1.74 bits per heavy atom. The number of rotatable bonds is 16. The number of β-amino-alcohol motifs (C(OH)–C–C–N with tert-alkyl or cyclic N) is 1. The van der Waals surface area contributed by atoms with Crippen LogP contribution in [-0.2, 0) is 28.8 Å². The monoisotopic (exact) mass is 525 g/mol. The second kappa shape index (κ2) is 14.1. The predicted octanol–water partition coefficient (Wildman–Crippen LogP) is 5.88. The average molecular weight is 526 g/mol. The van der Waals surface area contributed by atoms with Gasteiger partial charge >= 0.3 is 5.97 Å². The van der Waals surface area contributed by atoms with Gasteiger partial charge in [-0.1, -0.05) is 36.4 Å². The van der Waals surface area contributed by atoms with Crippen LogP contribution in [0.4, 0.5) is 0 Å². The van der Waals surface area contributed by atoms with E-state index in [0.29, 0.717) is 18.9 Å². The lowest BCUT2D eigenvalue weighted by atomic mass is 9.88. The molecule has 0 heterocycles. The minimum absolute atomic E-state index is 0.0360. The Kier molecular flexibility index (Phi) is 11.2. The molecule has 2 aromatic rings. The molecule has 0 radical (unpaired) electrons. The zero-order chi connectivity index (χ0) is 27.7. The van der Waals surface area contributed by atoms with Crippen molar-refractivity contribution in [1.29, 1.82) is 0 Å². The lowest BCUT2D eigenvalue weighted by Crippen LogP contribution is -2.45. The van der Waals surface area contributed by atoms with Gasteiger partial charge in [-0.2, -0.15) is 0 Å². The molecular formula is C32H47NO5. The van der Waals surface area contributed by atoms with Crippen molar-refractivity contribution in [2.75, 3.05) is 13.2 Å². The molecule has 2 aromatic carbocycles. The molecule has 0 saturated carbocycles. The van der Waals surface area contributed by atoms with Gasteiger partial charge in [-0.25, -0.2) is 0 Å². The summed E-state index contributed by atoms with van der Waals surface area (Å²) in [4.78, 5) is 10.9. The maximum Gasteiger partial charge on any atom is 0.303 e. The van der Waals surface area contributed by atoms with Crippen molar-refractivity contribution in [3.05, 3.63) is 64.7 Å². The van der Waals surface area contributed by atoms with Gasteiger partial charge < -0.3 is 25.0 Å². The number of unbranched alkanes of at least 4 members (excludes halogenated alkanes) is 1. The maximum absolute atomic E-state index is 10.9. The predicted molar refractivity (Wildman–Crippen MR) is 152 cm³/mol. The van der Waals surface area contributed by atoms with Gasteiger partial charge in [0.15, 0.2) is 0 Å². The molecule has 0 spiro atoms. The third kappa shape index (κ3) is 9.40. The summed E-state index contributed by atoms with van der Waals surface area (Å²) in [5.41, 5.74) is 4.95. The topological polar surface area (TPSA) is 88.0 Å². The molecule has 3 N–H and O–H groups in total. The summed E-state index contributed by atoms with van der Waals surface area (Å²) < 4.78 is 12.2. The first-order valence-corrected chi connectivity index (χ1v) is 14.2. The number of benzene rings is 2. The van der Waals surface area contributed by atoms with E-state index in [1.807, 2.05) is 39.0 Å². The minimum atomic E-state index is -0.771. The number of fused-ring (bicyclic) bond motifs is 1. The quantitative estimate of drug-likeness (QED) is 0.237. The summed E-state index contributed by atoms with van der Waals surface area (Å²) in [6.07, 6.45) is 4.77. The van der Waals surface area contributed by atoms with Crippen LogP contribution in [0.5, 0.6) is 5.75 Å². The first-order valence-electron chi connectivity index (χ1n) is 14.2. The molecule has 1 aliphatic rings. The molecule has 0 saturated heterocycles. The van der Waals surface area contributed by atoms with Crippen LogP contribution in [0, 0.1) is 5.92 Å². The van der Waals surface area contributed by atoms with Gasteiger partial charge in [0.25, 0.3) is 0 Å². The van der Waals surface area contributed by atoms with Crippen LogP contribution in [0.3, 0.4) is 0 Å². The van der Waals surface area contributed by atoms with Crippen molar-refractivity contribution in [3.63, 3.8) is 0 Å². The van der Waals surface area contributed by atoms with Crippen molar-refractivity contribution in [2.45, 2.75) is 103 Å². The standard InChI is InChI=1S/C32H47NO5/c1-22(2)38-30-15-10-14-28(29(30)13-8-9-16-31(35)36)23(3)37-21-27(34)20-33-32(4,5)19-24-17-25-11-6-7-12-26(25)18-24/h6-7,10-12,14-15,22-24,27,33-34H,8-9,13,16-21H2,1-5H3,(H,35,36)/t23?,27-/m1/s1. The first kappa shape index (κ1) is 30.1. The summed E-state index contributed by atoms with van der Waals surface area (Å²) in [6.45, 7) is 11.1. The molecule has 1 aliphatic carbocycles. The Morgan fingerprint density at radius 1 is 1.05 bits per heavy atom. The van der Waals surface area contributed by atoms with Crippen LogP contribution in [-0.4, -0.2) is 47.1 Å². The van der Waals surface area contributed by atoms with Crippen molar-refractivity contribution < 1.29 is 24.5 Å². The van der Waals surface area contributed by atoms with Crippen LogP contribution in [0.15, 0.2) is 42.5 Å². The van der Waals surface area contributed by atoms with Crippen molar-refractivity contribution in [3.8, 4) is 5.75 Å². The third-order valence-corrected chi connectivity index (χ3v) is 7.33. The van der Waals surface area contributed by atoms with Gasteiger partial charge in [0.1, 0.15) is 5.75 Å². The third-order valence-electron chi connectivity index (χ3n) is 7.33. The van der Waals surface area contributed by atoms with E-state index >= 15 is 0 Å². The zero-order valence-corrected chi connectivity index (χ0v) is 23.8. The highest BCUT2D eigenvalue weighted by atomic mass is 16.5. The van der Waals surface area contributed by atoms with E-state index in [1.54, 1.807) is 0 Å². The Hall–Kier alpha value is -2.41. The number of aliphatic hydroxyl groups is 1. The van der Waals surface area contributed by atoms with Crippen molar-refractivity contribution in [2.24, 2.45) is 5.92 Å². The van der Waals surface area contributed by atoms with E-state index in [-0.39, 0.29) is 30.8 Å². The molecule has 0 fully saturated rings. The van der Waals surface area contributed by atoms with Gasteiger partial charge in [-0.15, -0.1) is 0 Å². The summed E-state index contributed by atoms with van der Waals surface area (Å²) in [5.74, 6) is 0.673. The smallest absolute Gasteiger partial charge is 0.303 e. The number of carboxylic acids is 1. The van der Waals surface area contributed by atoms with Crippen LogP contribution < -0.4 is 10.1 Å². The van der Waals surface area contributed by atoms with Gasteiger partial charge in [-0.3, -0.25) is 4.79 Å². The number of carbonyl (C=O) groups is 1. The molecule has 6 heteroatoms. The maximum atomic E-state index is 10.9. The second-order valence-electron chi connectivity index (χ2n) is 11.7. The van der Waals surface area contributed by atoms with Gasteiger partial charge in [0, 0.05) is 18.5 Å². The van der Waals surface area contributed by atoms with E-state index in [1.165, 1.54) is 11.1 Å². The van der Waals surface area contributed by atoms with Crippen molar-refractivity contribution in [1.82, 2.24) is 5.32 Å².